The van der Waals surface area contributed by atoms with Gasteiger partial charge in [0.25, 0.3) is 0 Å². The van der Waals surface area contributed by atoms with Crippen LogP contribution in [0.3, 0.4) is 0 Å². The van der Waals surface area contributed by atoms with Crippen molar-refractivity contribution in [3.63, 3.8) is 0 Å². The Bertz CT molecular complexity index is 309. The van der Waals surface area contributed by atoms with E-state index in [0.717, 1.165) is 12.1 Å². The molecule has 0 spiro atoms. The number of rotatable bonds is 4. The number of hydrogen-bond donors (Lipinski definition) is 0. The van der Waals surface area contributed by atoms with Gasteiger partial charge in [-0.3, -0.25) is 9.78 Å². The Kier molecular flexibility index (Phi) is 4.28. The van der Waals surface area contributed by atoms with Crippen LogP contribution in [-0.4, -0.2) is 28.4 Å². The minimum Gasteiger partial charge on any atom is -0.340 e. The summed E-state index contributed by atoms with van der Waals surface area (Å²) in [5.74, 6) is 0.167. The van der Waals surface area contributed by atoms with Gasteiger partial charge in [0.05, 0.1) is 6.42 Å². The first-order chi connectivity index (χ1) is 7.15. The van der Waals surface area contributed by atoms with Crippen molar-refractivity contribution in [1.82, 2.24) is 9.88 Å². The van der Waals surface area contributed by atoms with Crippen molar-refractivity contribution < 1.29 is 4.79 Å². The molecule has 0 radical (unpaired) electrons. The Hall–Kier alpha value is -1.38. The molecule has 15 heavy (non-hydrogen) atoms. The molecule has 1 aromatic rings. The first-order valence-corrected chi connectivity index (χ1v) is 5.33. The van der Waals surface area contributed by atoms with Crippen LogP contribution in [-0.2, 0) is 11.2 Å². The fourth-order valence-corrected chi connectivity index (χ4v) is 1.61. The Balaban J connectivity index is 2.62. The number of likely N-dealkylation sites (N-methyl/N-ethyl adjacent to an activating group) is 1. The standard InChI is InChI=1S/C12H18N2O/c1-4-14(10(2)3)12(15)8-11-6-5-7-13-9-11/h5-7,9-10H,4,8H2,1-3H3. The van der Waals surface area contributed by atoms with Crippen LogP contribution in [0.15, 0.2) is 24.5 Å². The molecule has 0 bridgehead atoms. The summed E-state index contributed by atoms with van der Waals surface area (Å²) in [6, 6.07) is 4.05. The van der Waals surface area contributed by atoms with Crippen molar-refractivity contribution >= 4 is 5.91 Å². The summed E-state index contributed by atoms with van der Waals surface area (Å²) in [5, 5.41) is 0. The third-order valence-corrected chi connectivity index (χ3v) is 2.36. The van der Waals surface area contributed by atoms with E-state index in [1.165, 1.54) is 0 Å². The Morgan fingerprint density at radius 1 is 1.53 bits per heavy atom. The molecule has 1 amide bonds. The normalized spacial score (nSPS) is 10.4. The molecule has 0 saturated heterocycles. The van der Waals surface area contributed by atoms with E-state index in [1.807, 2.05) is 37.8 Å². The number of amides is 1. The van der Waals surface area contributed by atoms with Crippen molar-refractivity contribution in [2.24, 2.45) is 0 Å². The summed E-state index contributed by atoms with van der Waals surface area (Å²) in [6.07, 6.45) is 3.90. The molecular weight excluding hydrogens is 188 g/mol. The zero-order valence-electron chi connectivity index (χ0n) is 9.60. The van der Waals surface area contributed by atoms with Crippen LogP contribution < -0.4 is 0 Å². The third-order valence-electron chi connectivity index (χ3n) is 2.36. The van der Waals surface area contributed by atoms with Crippen LogP contribution in [0.2, 0.25) is 0 Å². The van der Waals surface area contributed by atoms with Gasteiger partial charge in [-0.25, -0.2) is 0 Å². The van der Waals surface area contributed by atoms with Gasteiger partial charge >= 0.3 is 0 Å². The molecule has 0 saturated carbocycles. The third kappa shape index (κ3) is 3.35. The predicted octanol–water partition coefficient (Wildman–Crippen LogP) is 1.88. The Morgan fingerprint density at radius 2 is 2.27 bits per heavy atom. The summed E-state index contributed by atoms with van der Waals surface area (Å²) in [7, 11) is 0. The summed E-state index contributed by atoms with van der Waals surface area (Å²) >= 11 is 0. The highest BCUT2D eigenvalue weighted by Crippen LogP contribution is 2.04. The molecule has 1 heterocycles. The number of carbonyl (C=O) groups excluding carboxylic acids is 1. The van der Waals surface area contributed by atoms with E-state index < -0.39 is 0 Å². The van der Waals surface area contributed by atoms with Gasteiger partial charge in [-0.15, -0.1) is 0 Å². The van der Waals surface area contributed by atoms with Gasteiger partial charge in [-0.2, -0.15) is 0 Å². The van der Waals surface area contributed by atoms with E-state index in [-0.39, 0.29) is 11.9 Å². The maximum Gasteiger partial charge on any atom is 0.227 e. The number of hydrogen-bond acceptors (Lipinski definition) is 2. The van der Waals surface area contributed by atoms with Crippen LogP contribution in [0, 0.1) is 0 Å². The molecule has 82 valence electrons. The minimum atomic E-state index is 0.167. The van der Waals surface area contributed by atoms with Gasteiger partial charge in [0.2, 0.25) is 5.91 Å². The second-order valence-corrected chi connectivity index (χ2v) is 3.81. The monoisotopic (exact) mass is 206 g/mol. The molecule has 0 unspecified atom stereocenters. The zero-order chi connectivity index (χ0) is 11.3. The van der Waals surface area contributed by atoms with E-state index >= 15 is 0 Å². The second kappa shape index (κ2) is 5.49. The van der Waals surface area contributed by atoms with Crippen LogP contribution >= 0.6 is 0 Å². The molecule has 0 atom stereocenters. The summed E-state index contributed by atoms with van der Waals surface area (Å²) in [6.45, 7) is 6.83. The second-order valence-electron chi connectivity index (χ2n) is 3.81. The van der Waals surface area contributed by atoms with Gasteiger partial charge in [-0.05, 0) is 32.4 Å². The van der Waals surface area contributed by atoms with Crippen molar-refractivity contribution in [3.8, 4) is 0 Å². The molecule has 1 aromatic heterocycles. The Labute approximate surface area is 91.1 Å². The molecule has 3 nitrogen and oxygen atoms in total. The highest BCUT2D eigenvalue weighted by molar-refractivity contribution is 5.78. The summed E-state index contributed by atoms with van der Waals surface area (Å²) in [5.41, 5.74) is 0.974. The lowest BCUT2D eigenvalue weighted by molar-refractivity contribution is -0.131. The van der Waals surface area contributed by atoms with Crippen LogP contribution in [0.1, 0.15) is 26.3 Å². The molecule has 0 aromatic carbocycles. The fraction of sp³-hybridized carbons (Fsp3) is 0.500. The Morgan fingerprint density at radius 3 is 2.73 bits per heavy atom. The molecular formula is C12H18N2O. The topological polar surface area (TPSA) is 33.2 Å². The van der Waals surface area contributed by atoms with Crippen molar-refractivity contribution in [2.45, 2.75) is 33.2 Å². The number of nitrogens with zero attached hydrogens (tertiary/aromatic N) is 2. The fourth-order valence-electron chi connectivity index (χ4n) is 1.61. The van der Waals surface area contributed by atoms with Gasteiger partial charge in [0.15, 0.2) is 0 Å². The van der Waals surface area contributed by atoms with Crippen LogP contribution in [0.5, 0.6) is 0 Å². The van der Waals surface area contributed by atoms with E-state index in [9.17, 15) is 4.79 Å². The number of pyridine rings is 1. The first kappa shape index (κ1) is 11.7. The number of aromatic nitrogens is 1. The van der Waals surface area contributed by atoms with Crippen LogP contribution in [0.4, 0.5) is 0 Å². The molecule has 0 aliphatic heterocycles. The zero-order valence-corrected chi connectivity index (χ0v) is 9.60. The van der Waals surface area contributed by atoms with E-state index in [2.05, 4.69) is 4.98 Å². The SMILES string of the molecule is CCN(C(=O)Cc1cccnc1)C(C)C. The average Bonchev–Trinajstić information content (AvgIpc) is 2.19. The largest absolute Gasteiger partial charge is 0.340 e. The quantitative estimate of drug-likeness (QED) is 0.753. The lowest BCUT2D eigenvalue weighted by Gasteiger charge is -2.25. The smallest absolute Gasteiger partial charge is 0.227 e. The molecule has 3 heteroatoms. The number of carbonyl (C=O) groups is 1. The van der Waals surface area contributed by atoms with Gasteiger partial charge in [-0.1, -0.05) is 6.07 Å². The van der Waals surface area contributed by atoms with Crippen LogP contribution in [0.25, 0.3) is 0 Å². The highest BCUT2D eigenvalue weighted by Gasteiger charge is 2.14. The molecule has 0 aliphatic rings. The van der Waals surface area contributed by atoms with Gasteiger partial charge in [0.1, 0.15) is 0 Å². The molecule has 0 aliphatic carbocycles. The van der Waals surface area contributed by atoms with Gasteiger partial charge < -0.3 is 4.90 Å². The minimum absolute atomic E-state index is 0.167. The lowest BCUT2D eigenvalue weighted by atomic mass is 10.2. The lowest BCUT2D eigenvalue weighted by Crippen LogP contribution is -2.37. The summed E-state index contributed by atoms with van der Waals surface area (Å²) in [4.78, 5) is 17.7. The van der Waals surface area contributed by atoms with Crippen molar-refractivity contribution in [1.29, 1.82) is 0 Å². The maximum absolute atomic E-state index is 11.9. The summed E-state index contributed by atoms with van der Waals surface area (Å²) < 4.78 is 0. The van der Waals surface area contributed by atoms with Crippen molar-refractivity contribution in [3.05, 3.63) is 30.1 Å². The van der Waals surface area contributed by atoms with E-state index in [0.29, 0.717) is 6.42 Å². The van der Waals surface area contributed by atoms with Crippen molar-refractivity contribution in [2.75, 3.05) is 6.54 Å². The molecule has 0 N–H and O–H groups in total. The van der Waals surface area contributed by atoms with E-state index in [1.54, 1.807) is 12.4 Å². The maximum atomic E-state index is 11.9. The molecule has 0 fully saturated rings. The van der Waals surface area contributed by atoms with E-state index in [4.69, 9.17) is 0 Å². The van der Waals surface area contributed by atoms with Gasteiger partial charge in [0, 0.05) is 25.0 Å². The first-order valence-electron chi connectivity index (χ1n) is 5.33. The molecule has 1 rings (SSSR count). The average molecular weight is 206 g/mol. The highest BCUT2D eigenvalue weighted by atomic mass is 16.2. The predicted molar refractivity (Wildman–Crippen MR) is 60.5 cm³/mol.